The summed E-state index contributed by atoms with van der Waals surface area (Å²) in [4.78, 5) is 5.05. The fourth-order valence-electron chi connectivity index (χ4n) is 12.9. The van der Waals surface area contributed by atoms with Gasteiger partial charge in [0.25, 0.3) is 6.71 Å². The van der Waals surface area contributed by atoms with Gasteiger partial charge in [-0.3, -0.25) is 0 Å². The number of aromatic nitrogens is 3. The summed E-state index contributed by atoms with van der Waals surface area (Å²) in [6, 6.07) is 76.9. The molecule has 13 aromatic rings. The third-order valence-electron chi connectivity index (χ3n) is 16.1. The van der Waals surface area contributed by atoms with E-state index < -0.39 is 0 Å². The van der Waals surface area contributed by atoms with Gasteiger partial charge in [-0.15, -0.1) is 0 Å². The third-order valence-corrected chi connectivity index (χ3v) is 16.1. The first kappa shape index (κ1) is 41.0. The van der Waals surface area contributed by atoms with Crippen molar-refractivity contribution < 1.29 is 4.57 Å². The first-order chi connectivity index (χ1) is 35.7. The fraction of sp³-hybridized carbons (Fsp3) is 0.0758. The highest BCUT2D eigenvalue weighted by Crippen LogP contribution is 2.48. The standard InChI is InChI=1S/C66H49BN5/c1-3-47(4-2)68-41-62-64-63(42-68)70-40-38-53-61(72(58-31-15-23-45-19-7-11-27-50(45)58)59-32-16-24-46-20-8-12-28-51(46)59)36-34-55(66(53)70)67(64)54-33-35-60(52-37-39-69(62)65(52)54)71(56-29-13-21-43-17-5-9-25-48(43)56)57-30-14-22-44-18-6-10-26-49(44)57/h5-42,47H,3-4H2,1-2H3/q+1. The average molecular weight is 923 g/mol. The third kappa shape index (κ3) is 5.81. The van der Waals surface area contributed by atoms with Crippen LogP contribution in [0.1, 0.15) is 32.7 Å². The Balaban J connectivity index is 1.01. The Bertz CT molecular complexity index is 3920. The number of pyridine rings is 1. The number of hydrogen-bond donors (Lipinski definition) is 0. The largest absolute Gasteiger partial charge is 0.312 e. The van der Waals surface area contributed by atoms with Crippen molar-refractivity contribution >= 4 is 122 Å². The molecule has 2 aliphatic rings. The lowest BCUT2D eigenvalue weighted by Gasteiger charge is -2.34. The molecule has 0 aliphatic carbocycles. The molecule has 0 fully saturated rings. The summed E-state index contributed by atoms with van der Waals surface area (Å²) in [5, 5.41) is 12.2. The second kappa shape index (κ2) is 15.8. The molecule has 0 N–H and O–H groups in total. The molecular formula is C66H49BN5+. The van der Waals surface area contributed by atoms with Crippen molar-refractivity contribution in [1.82, 2.24) is 9.13 Å². The average Bonchev–Trinajstić information content (AvgIpc) is 4.10. The molecule has 15 rings (SSSR count). The quantitative estimate of drug-likeness (QED) is 0.106. The summed E-state index contributed by atoms with van der Waals surface area (Å²) < 4.78 is 7.54. The van der Waals surface area contributed by atoms with Crippen LogP contribution >= 0.6 is 0 Å². The Morgan fingerprint density at radius 3 is 1.07 bits per heavy atom. The van der Waals surface area contributed by atoms with Crippen LogP contribution in [0, 0.1) is 0 Å². The molecule has 0 spiro atoms. The number of nitrogens with zero attached hydrogens (tertiary/aromatic N) is 5. The smallest absolute Gasteiger partial charge is 0.252 e. The molecule has 0 atom stereocenters. The second-order valence-electron chi connectivity index (χ2n) is 19.7. The van der Waals surface area contributed by atoms with Crippen molar-refractivity contribution in [2.75, 3.05) is 9.80 Å². The van der Waals surface area contributed by atoms with Gasteiger partial charge in [-0.25, -0.2) is 0 Å². The van der Waals surface area contributed by atoms with Crippen LogP contribution in [0.2, 0.25) is 0 Å². The lowest BCUT2D eigenvalue weighted by Crippen LogP contribution is -2.61. The first-order valence-electron chi connectivity index (χ1n) is 25.6. The lowest BCUT2D eigenvalue weighted by atomic mass is 9.34. The van der Waals surface area contributed by atoms with E-state index in [0.717, 1.165) is 47.0 Å². The monoisotopic (exact) mass is 922 g/mol. The number of hydrogen-bond acceptors (Lipinski definition) is 2. The number of benzene rings is 10. The van der Waals surface area contributed by atoms with Crippen LogP contribution in [-0.4, -0.2) is 15.8 Å². The van der Waals surface area contributed by atoms with Crippen LogP contribution in [0.5, 0.6) is 0 Å². The molecule has 72 heavy (non-hydrogen) atoms. The van der Waals surface area contributed by atoms with Gasteiger partial charge in [-0.05, 0) is 86.5 Å². The molecule has 0 unspecified atom stereocenters. The van der Waals surface area contributed by atoms with Gasteiger partial charge in [0.05, 0.1) is 45.2 Å². The molecule has 340 valence electrons. The number of anilines is 6. The molecule has 0 bridgehead atoms. The number of rotatable bonds is 9. The predicted octanol–water partition coefficient (Wildman–Crippen LogP) is 14.9. The minimum Gasteiger partial charge on any atom is -0.312 e. The minimum atomic E-state index is -0.00336. The lowest BCUT2D eigenvalue weighted by molar-refractivity contribution is -0.723. The molecule has 5 heterocycles. The summed E-state index contributed by atoms with van der Waals surface area (Å²) >= 11 is 0. The molecule has 10 aromatic carbocycles. The summed E-state index contributed by atoms with van der Waals surface area (Å²) in [5.74, 6) is 0. The van der Waals surface area contributed by atoms with Crippen molar-refractivity contribution in [2.45, 2.75) is 32.7 Å². The SMILES string of the molecule is CCC(CC)[n+]1cc2c3c(c1)-n1ccc4c(N(c5cccc6ccccc56)c5cccc6ccccc56)ccc(c41)B3c1ccc(N(c3cccc4ccccc34)c3cccc4ccccc34)c3ccn-2c13. The highest BCUT2D eigenvalue weighted by atomic mass is 15.2. The minimum absolute atomic E-state index is 0.00336. The molecule has 2 aliphatic heterocycles. The maximum Gasteiger partial charge on any atom is 0.252 e. The highest BCUT2D eigenvalue weighted by molar-refractivity contribution is 7.00. The first-order valence-corrected chi connectivity index (χ1v) is 25.6. The van der Waals surface area contributed by atoms with Crippen LogP contribution in [0.25, 0.3) is 76.3 Å². The van der Waals surface area contributed by atoms with E-state index >= 15 is 0 Å². The van der Waals surface area contributed by atoms with Crippen LogP contribution in [0.15, 0.2) is 231 Å². The van der Waals surface area contributed by atoms with E-state index in [4.69, 9.17) is 0 Å². The molecular weight excluding hydrogens is 874 g/mol. The normalized spacial score (nSPS) is 12.5. The molecule has 0 amide bonds. The Hall–Kier alpha value is -8.87. The van der Waals surface area contributed by atoms with Gasteiger partial charge < -0.3 is 18.9 Å². The van der Waals surface area contributed by atoms with Gasteiger partial charge >= 0.3 is 0 Å². The summed E-state index contributed by atoms with van der Waals surface area (Å²) in [5.41, 5.74) is 16.0. The van der Waals surface area contributed by atoms with Crippen LogP contribution in [-0.2, 0) is 0 Å². The van der Waals surface area contributed by atoms with Gasteiger partial charge in [0.15, 0.2) is 18.4 Å². The van der Waals surface area contributed by atoms with Crippen LogP contribution < -0.4 is 30.8 Å². The molecule has 6 heteroatoms. The zero-order valence-electron chi connectivity index (χ0n) is 40.2. The second-order valence-corrected chi connectivity index (χ2v) is 19.7. The maximum atomic E-state index is 2.53. The van der Waals surface area contributed by atoms with E-state index in [1.165, 1.54) is 92.7 Å². The molecule has 3 aromatic heterocycles. The van der Waals surface area contributed by atoms with E-state index in [0.29, 0.717) is 6.04 Å². The van der Waals surface area contributed by atoms with E-state index in [9.17, 15) is 0 Å². The Kier molecular flexibility index (Phi) is 9.00. The van der Waals surface area contributed by atoms with Crippen molar-refractivity contribution in [3.05, 3.63) is 231 Å². The molecule has 5 nitrogen and oxygen atoms in total. The molecule has 0 radical (unpaired) electrons. The summed E-state index contributed by atoms with van der Waals surface area (Å²) in [6.45, 7) is 4.64. The summed E-state index contributed by atoms with van der Waals surface area (Å²) in [6.07, 6.45) is 11.7. The van der Waals surface area contributed by atoms with Gasteiger partial charge in [-0.1, -0.05) is 172 Å². The van der Waals surface area contributed by atoms with Crippen molar-refractivity contribution in [3.8, 4) is 11.4 Å². The van der Waals surface area contributed by atoms with Gasteiger partial charge in [-0.2, -0.15) is 4.57 Å². The number of fused-ring (bicyclic) bond motifs is 8. The Morgan fingerprint density at radius 1 is 0.375 bits per heavy atom. The van der Waals surface area contributed by atoms with E-state index in [2.05, 4.69) is 268 Å². The van der Waals surface area contributed by atoms with E-state index in [-0.39, 0.29) is 6.71 Å². The van der Waals surface area contributed by atoms with Crippen LogP contribution in [0.3, 0.4) is 0 Å². The molecule has 0 saturated heterocycles. The maximum absolute atomic E-state index is 2.53. The van der Waals surface area contributed by atoms with Crippen molar-refractivity contribution in [1.29, 1.82) is 0 Å². The fourth-order valence-corrected chi connectivity index (χ4v) is 12.9. The Labute approximate surface area is 418 Å². The zero-order chi connectivity index (χ0) is 47.6. The summed E-state index contributed by atoms with van der Waals surface area (Å²) in [7, 11) is 0. The van der Waals surface area contributed by atoms with E-state index in [1.54, 1.807) is 0 Å². The van der Waals surface area contributed by atoms with Crippen molar-refractivity contribution in [2.24, 2.45) is 0 Å². The van der Waals surface area contributed by atoms with Gasteiger partial charge in [0.2, 0.25) is 0 Å². The van der Waals surface area contributed by atoms with Crippen LogP contribution in [0.4, 0.5) is 34.1 Å². The van der Waals surface area contributed by atoms with Gasteiger partial charge in [0, 0.05) is 57.6 Å². The van der Waals surface area contributed by atoms with Gasteiger partial charge in [0.1, 0.15) is 11.4 Å². The molecule has 0 saturated carbocycles. The highest BCUT2D eigenvalue weighted by Gasteiger charge is 2.43. The van der Waals surface area contributed by atoms with Crippen molar-refractivity contribution in [3.63, 3.8) is 0 Å². The predicted molar refractivity (Wildman–Crippen MR) is 304 cm³/mol. The van der Waals surface area contributed by atoms with E-state index in [1.807, 2.05) is 0 Å². The zero-order valence-corrected chi connectivity index (χ0v) is 40.2. The topological polar surface area (TPSA) is 20.2 Å². The Morgan fingerprint density at radius 2 is 0.708 bits per heavy atom.